The predicted molar refractivity (Wildman–Crippen MR) is 26.9 cm³/mol. The minimum absolute atomic E-state index is 0.204. The molecule has 2 aliphatic heterocycles. The van der Waals surface area contributed by atoms with Crippen molar-refractivity contribution >= 4 is 0 Å². The fraction of sp³-hybridized carbons (Fsp3) is 0.600. The highest BCUT2D eigenvalue weighted by atomic mass is 16.7. The molecule has 1 atom stereocenters. The smallest absolute Gasteiger partial charge is 0.152 e. The van der Waals surface area contributed by atoms with Crippen molar-refractivity contribution in [2.75, 3.05) is 13.2 Å². The minimum atomic E-state index is 0.204. The lowest BCUT2D eigenvalue weighted by molar-refractivity contribution is 0.129. The quantitative estimate of drug-likeness (QED) is 0.472. The number of rotatable bonds is 0. The SMILES string of the molecule is C1=C2ONCC2OC1. The van der Waals surface area contributed by atoms with Crippen LogP contribution in [0.2, 0.25) is 0 Å². The van der Waals surface area contributed by atoms with Gasteiger partial charge in [-0.05, 0) is 6.08 Å². The van der Waals surface area contributed by atoms with Crippen molar-refractivity contribution in [3.63, 3.8) is 0 Å². The second kappa shape index (κ2) is 1.47. The largest absolute Gasteiger partial charge is 0.410 e. The standard InChI is InChI=1S/C5H7NO2/c1-2-7-5-3-6-8-4(1)5/h1,5-6H,2-3H2. The first-order valence-corrected chi connectivity index (χ1v) is 2.68. The molecule has 0 spiro atoms. The third kappa shape index (κ3) is 0.454. The van der Waals surface area contributed by atoms with E-state index in [1.165, 1.54) is 0 Å². The molecular weight excluding hydrogens is 106 g/mol. The Kier molecular flexibility index (Phi) is 0.797. The van der Waals surface area contributed by atoms with Gasteiger partial charge in [-0.3, -0.25) is 0 Å². The van der Waals surface area contributed by atoms with Gasteiger partial charge in [-0.2, -0.15) is 5.48 Å². The van der Waals surface area contributed by atoms with Gasteiger partial charge in [0, 0.05) is 0 Å². The van der Waals surface area contributed by atoms with E-state index in [-0.39, 0.29) is 6.10 Å². The van der Waals surface area contributed by atoms with Gasteiger partial charge in [0.2, 0.25) is 0 Å². The number of nitrogens with one attached hydrogen (secondary N) is 1. The Morgan fingerprint density at radius 3 is 3.62 bits per heavy atom. The summed E-state index contributed by atoms with van der Waals surface area (Å²) in [7, 11) is 0. The second-order valence-corrected chi connectivity index (χ2v) is 1.88. The van der Waals surface area contributed by atoms with Crippen LogP contribution in [0, 0.1) is 0 Å². The maximum absolute atomic E-state index is 5.20. The molecule has 1 fully saturated rings. The zero-order valence-electron chi connectivity index (χ0n) is 4.39. The van der Waals surface area contributed by atoms with Crippen LogP contribution >= 0.6 is 0 Å². The van der Waals surface area contributed by atoms with Crippen LogP contribution in [-0.4, -0.2) is 19.3 Å². The highest BCUT2D eigenvalue weighted by molar-refractivity contribution is 5.08. The fourth-order valence-electron chi connectivity index (χ4n) is 0.928. The topological polar surface area (TPSA) is 30.5 Å². The Hall–Kier alpha value is -0.540. The third-order valence-corrected chi connectivity index (χ3v) is 1.36. The van der Waals surface area contributed by atoms with E-state index in [2.05, 4.69) is 5.48 Å². The van der Waals surface area contributed by atoms with Crippen LogP contribution < -0.4 is 5.48 Å². The molecule has 8 heavy (non-hydrogen) atoms. The summed E-state index contributed by atoms with van der Waals surface area (Å²) < 4.78 is 5.20. The Balaban J connectivity index is 2.20. The number of hydrogen-bond donors (Lipinski definition) is 1. The molecule has 0 amide bonds. The maximum atomic E-state index is 5.20. The van der Waals surface area contributed by atoms with Gasteiger partial charge in [0.25, 0.3) is 0 Å². The van der Waals surface area contributed by atoms with E-state index < -0.39 is 0 Å². The molecule has 0 radical (unpaired) electrons. The summed E-state index contributed by atoms with van der Waals surface area (Å²) in [6.45, 7) is 1.51. The maximum Gasteiger partial charge on any atom is 0.152 e. The van der Waals surface area contributed by atoms with Crippen LogP contribution in [0.5, 0.6) is 0 Å². The van der Waals surface area contributed by atoms with Crippen LogP contribution in [0.1, 0.15) is 0 Å². The first-order valence-electron chi connectivity index (χ1n) is 2.68. The average molecular weight is 113 g/mol. The van der Waals surface area contributed by atoms with Crippen LogP contribution in [-0.2, 0) is 9.57 Å². The molecule has 44 valence electrons. The van der Waals surface area contributed by atoms with E-state index in [9.17, 15) is 0 Å². The Morgan fingerprint density at radius 1 is 1.75 bits per heavy atom. The summed E-state index contributed by atoms with van der Waals surface area (Å²) in [6, 6.07) is 0. The summed E-state index contributed by atoms with van der Waals surface area (Å²) in [5.41, 5.74) is 2.73. The fourth-order valence-corrected chi connectivity index (χ4v) is 0.928. The van der Waals surface area contributed by atoms with E-state index in [0.717, 1.165) is 12.3 Å². The monoisotopic (exact) mass is 113 g/mol. The Labute approximate surface area is 47.2 Å². The lowest BCUT2D eigenvalue weighted by atomic mass is 10.3. The zero-order valence-corrected chi connectivity index (χ0v) is 4.39. The lowest BCUT2D eigenvalue weighted by Gasteiger charge is -1.96. The number of ether oxygens (including phenoxy) is 1. The molecule has 3 heteroatoms. The minimum Gasteiger partial charge on any atom is -0.410 e. The molecule has 0 saturated carbocycles. The van der Waals surface area contributed by atoms with Crippen molar-refractivity contribution in [2.45, 2.75) is 6.10 Å². The van der Waals surface area contributed by atoms with Crippen molar-refractivity contribution in [1.82, 2.24) is 5.48 Å². The Morgan fingerprint density at radius 2 is 2.75 bits per heavy atom. The van der Waals surface area contributed by atoms with Crippen molar-refractivity contribution in [1.29, 1.82) is 0 Å². The third-order valence-electron chi connectivity index (χ3n) is 1.36. The summed E-state index contributed by atoms with van der Waals surface area (Å²) in [6.07, 6.45) is 2.15. The van der Waals surface area contributed by atoms with Crippen molar-refractivity contribution in [3.8, 4) is 0 Å². The number of hydroxylamine groups is 1. The molecule has 3 nitrogen and oxygen atoms in total. The normalized spacial score (nSPS) is 34.0. The van der Waals surface area contributed by atoms with Gasteiger partial charge in [0.05, 0.1) is 13.2 Å². The van der Waals surface area contributed by atoms with Gasteiger partial charge in [-0.25, -0.2) is 0 Å². The molecule has 1 saturated heterocycles. The van der Waals surface area contributed by atoms with E-state index in [0.29, 0.717) is 6.61 Å². The van der Waals surface area contributed by atoms with Gasteiger partial charge in [0.15, 0.2) is 5.76 Å². The molecular formula is C5H7NO2. The Bertz CT molecular complexity index is 132. The van der Waals surface area contributed by atoms with Gasteiger partial charge in [-0.1, -0.05) is 0 Å². The van der Waals surface area contributed by atoms with Gasteiger partial charge in [-0.15, -0.1) is 0 Å². The molecule has 1 N–H and O–H groups in total. The van der Waals surface area contributed by atoms with E-state index in [1.54, 1.807) is 0 Å². The molecule has 2 heterocycles. The van der Waals surface area contributed by atoms with Crippen molar-refractivity contribution in [2.24, 2.45) is 0 Å². The summed E-state index contributed by atoms with van der Waals surface area (Å²) in [4.78, 5) is 4.96. The van der Waals surface area contributed by atoms with Gasteiger partial charge in [0.1, 0.15) is 6.10 Å². The van der Waals surface area contributed by atoms with E-state index in [1.807, 2.05) is 6.08 Å². The average Bonchev–Trinajstić information content (AvgIpc) is 2.15. The van der Waals surface area contributed by atoms with Crippen molar-refractivity contribution < 1.29 is 9.57 Å². The summed E-state index contributed by atoms with van der Waals surface area (Å²) in [5, 5.41) is 0. The molecule has 1 unspecified atom stereocenters. The zero-order chi connectivity index (χ0) is 5.40. The van der Waals surface area contributed by atoms with Crippen LogP contribution in [0.4, 0.5) is 0 Å². The van der Waals surface area contributed by atoms with Gasteiger partial charge < -0.3 is 9.57 Å². The number of hydrogen-bond acceptors (Lipinski definition) is 3. The van der Waals surface area contributed by atoms with Crippen LogP contribution in [0.15, 0.2) is 11.8 Å². The predicted octanol–water partition coefficient (Wildman–Crippen LogP) is -0.196. The molecule has 0 bridgehead atoms. The van der Waals surface area contributed by atoms with Crippen LogP contribution in [0.25, 0.3) is 0 Å². The molecule has 0 aromatic carbocycles. The van der Waals surface area contributed by atoms with E-state index >= 15 is 0 Å². The van der Waals surface area contributed by atoms with Gasteiger partial charge >= 0.3 is 0 Å². The van der Waals surface area contributed by atoms with E-state index in [4.69, 9.17) is 9.57 Å². The second-order valence-electron chi connectivity index (χ2n) is 1.88. The molecule has 2 aliphatic rings. The summed E-state index contributed by atoms with van der Waals surface area (Å²) >= 11 is 0. The molecule has 0 aromatic heterocycles. The highest BCUT2D eigenvalue weighted by Gasteiger charge is 2.26. The number of fused-ring (bicyclic) bond motifs is 1. The van der Waals surface area contributed by atoms with Crippen LogP contribution in [0.3, 0.4) is 0 Å². The van der Waals surface area contributed by atoms with Crippen molar-refractivity contribution in [3.05, 3.63) is 11.8 Å². The first kappa shape index (κ1) is 4.35. The lowest BCUT2D eigenvalue weighted by Crippen LogP contribution is -2.14. The molecule has 0 aromatic rings. The molecule has 2 rings (SSSR count). The molecule has 0 aliphatic carbocycles. The first-order chi connectivity index (χ1) is 3.97. The summed E-state index contributed by atoms with van der Waals surface area (Å²) in [5.74, 6) is 0.949. The highest BCUT2D eigenvalue weighted by Crippen LogP contribution is 2.17.